The number of ether oxygens (including phenoxy) is 2. The molecule has 0 fully saturated rings. The van der Waals surface area contributed by atoms with E-state index in [1.165, 1.54) is 60.8 Å². The highest BCUT2D eigenvalue weighted by atomic mass is 16.5. The zero-order valence-electron chi connectivity index (χ0n) is 27.1. The van der Waals surface area contributed by atoms with Crippen LogP contribution in [0.1, 0.15) is 112 Å². The largest absolute Gasteiger partial charge is 0.493 e. The SMILES string of the molecule is CCCCC(CC)COc1cc(/C=C/c2ccc(C)cc2)c(OCC(CC)CCCC)cc1/C=C/c1ccc(C)cc1. The molecule has 0 amide bonds. The Morgan fingerprint density at radius 2 is 0.929 bits per heavy atom. The maximum absolute atomic E-state index is 6.62. The lowest BCUT2D eigenvalue weighted by molar-refractivity contribution is 0.227. The Balaban J connectivity index is 2.00. The average molecular weight is 567 g/mol. The lowest BCUT2D eigenvalue weighted by Gasteiger charge is -2.20. The first-order valence-corrected chi connectivity index (χ1v) is 16.4. The maximum atomic E-state index is 6.62. The van der Waals surface area contributed by atoms with Gasteiger partial charge in [0.15, 0.2) is 0 Å². The Labute approximate surface area is 256 Å². The monoisotopic (exact) mass is 566 g/mol. The highest BCUT2D eigenvalue weighted by Crippen LogP contribution is 2.34. The van der Waals surface area contributed by atoms with Crippen LogP contribution in [0.2, 0.25) is 0 Å². The molecule has 3 aromatic carbocycles. The van der Waals surface area contributed by atoms with Crippen molar-refractivity contribution in [3.05, 3.63) is 94.0 Å². The van der Waals surface area contributed by atoms with Crippen molar-refractivity contribution < 1.29 is 9.47 Å². The molecule has 0 saturated carbocycles. The second-order valence-corrected chi connectivity index (χ2v) is 11.9. The summed E-state index contributed by atoms with van der Waals surface area (Å²) in [4.78, 5) is 0. The van der Waals surface area contributed by atoms with Gasteiger partial charge in [-0.25, -0.2) is 0 Å². The van der Waals surface area contributed by atoms with Crippen molar-refractivity contribution in [1.82, 2.24) is 0 Å². The van der Waals surface area contributed by atoms with Crippen LogP contribution in [0.25, 0.3) is 24.3 Å². The third-order valence-electron chi connectivity index (χ3n) is 8.24. The van der Waals surface area contributed by atoms with Gasteiger partial charge in [-0.3, -0.25) is 0 Å². The summed E-state index contributed by atoms with van der Waals surface area (Å²) in [6.07, 6.45) is 18.3. The summed E-state index contributed by atoms with van der Waals surface area (Å²) in [5, 5.41) is 0. The van der Waals surface area contributed by atoms with Gasteiger partial charge in [-0.2, -0.15) is 0 Å². The minimum atomic E-state index is 0.560. The van der Waals surface area contributed by atoms with Gasteiger partial charge in [0, 0.05) is 11.1 Å². The molecule has 0 bridgehead atoms. The summed E-state index contributed by atoms with van der Waals surface area (Å²) in [7, 11) is 0. The van der Waals surface area contributed by atoms with Gasteiger partial charge >= 0.3 is 0 Å². The molecule has 2 nitrogen and oxygen atoms in total. The van der Waals surface area contributed by atoms with Gasteiger partial charge in [-0.15, -0.1) is 0 Å². The number of rotatable bonds is 18. The van der Waals surface area contributed by atoms with Gasteiger partial charge in [-0.05, 0) is 61.8 Å². The fraction of sp³-hybridized carbons (Fsp3) is 0.450. The molecule has 0 saturated heterocycles. The van der Waals surface area contributed by atoms with Gasteiger partial charge < -0.3 is 9.47 Å². The van der Waals surface area contributed by atoms with E-state index < -0.39 is 0 Å². The van der Waals surface area contributed by atoms with Crippen LogP contribution in [0.15, 0.2) is 60.7 Å². The second kappa shape index (κ2) is 18.3. The molecule has 2 atom stereocenters. The minimum Gasteiger partial charge on any atom is -0.493 e. The van der Waals surface area contributed by atoms with E-state index in [4.69, 9.17) is 9.47 Å². The maximum Gasteiger partial charge on any atom is 0.127 e. The van der Waals surface area contributed by atoms with E-state index in [9.17, 15) is 0 Å². The molecule has 0 N–H and O–H groups in total. The molecule has 2 heteroatoms. The molecule has 0 aliphatic heterocycles. The van der Waals surface area contributed by atoms with E-state index in [2.05, 4.69) is 127 Å². The predicted octanol–water partition coefficient (Wildman–Crippen LogP) is 11.8. The zero-order chi connectivity index (χ0) is 30.2. The van der Waals surface area contributed by atoms with Crippen molar-refractivity contribution in [3.8, 4) is 11.5 Å². The zero-order valence-corrected chi connectivity index (χ0v) is 27.1. The summed E-state index contributed by atoms with van der Waals surface area (Å²) >= 11 is 0. The first-order valence-electron chi connectivity index (χ1n) is 16.4. The molecular weight excluding hydrogens is 512 g/mol. The van der Waals surface area contributed by atoms with Crippen LogP contribution in [-0.2, 0) is 0 Å². The molecule has 0 radical (unpaired) electrons. The van der Waals surface area contributed by atoms with Crippen molar-refractivity contribution in [2.45, 2.75) is 92.9 Å². The highest BCUT2D eigenvalue weighted by Gasteiger charge is 2.14. The van der Waals surface area contributed by atoms with Crippen molar-refractivity contribution in [2.75, 3.05) is 13.2 Å². The fourth-order valence-electron chi connectivity index (χ4n) is 5.04. The molecule has 0 aromatic heterocycles. The molecule has 0 aliphatic rings. The van der Waals surface area contributed by atoms with Crippen molar-refractivity contribution in [1.29, 1.82) is 0 Å². The predicted molar refractivity (Wildman–Crippen MR) is 184 cm³/mol. The van der Waals surface area contributed by atoms with Gasteiger partial charge in [0.05, 0.1) is 13.2 Å². The second-order valence-electron chi connectivity index (χ2n) is 11.9. The smallest absolute Gasteiger partial charge is 0.127 e. The van der Waals surface area contributed by atoms with Crippen molar-refractivity contribution >= 4 is 24.3 Å². The number of unbranched alkanes of at least 4 members (excludes halogenated alkanes) is 2. The van der Waals surface area contributed by atoms with Crippen molar-refractivity contribution in [2.24, 2.45) is 11.8 Å². The van der Waals surface area contributed by atoms with Crippen LogP contribution in [0.4, 0.5) is 0 Å². The third kappa shape index (κ3) is 11.2. The lowest BCUT2D eigenvalue weighted by atomic mass is 10.00. The Morgan fingerprint density at radius 1 is 0.548 bits per heavy atom. The molecule has 3 aromatic rings. The van der Waals surface area contributed by atoms with Crippen LogP contribution in [0, 0.1) is 25.7 Å². The van der Waals surface area contributed by atoms with E-state index in [0.29, 0.717) is 11.8 Å². The summed E-state index contributed by atoms with van der Waals surface area (Å²) in [5.41, 5.74) is 7.01. The van der Waals surface area contributed by atoms with Crippen LogP contribution >= 0.6 is 0 Å². The fourth-order valence-corrected chi connectivity index (χ4v) is 5.04. The normalized spacial score (nSPS) is 13.1. The Morgan fingerprint density at radius 3 is 1.26 bits per heavy atom. The number of benzene rings is 3. The summed E-state index contributed by atoms with van der Waals surface area (Å²) in [6, 6.07) is 21.7. The molecule has 0 heterocycles. The van der Waals surface area contributed by atoms with Crippen LogP contribution < -0.4 is 9.47 Å². The van der Waals surface area contributed by atoms with Gasteiger partial charge in [0.25, 0.3) is 0 Å². The Kier molecular flexibility index (Phi) is 14.5. The van der Waals surface area contributed by atoms with E-state index in [1.54, 1.807) is 0 Å². The standard InChI is InChI=1S/C40H54O2/c1-7-11-13-33(9-3)29-41-39-27-38(26-24-36-21-17-32(6)18-22-36)40(42-30-34(10-4)14-12-8-2)28-37(39)25-23-35-19-15-31(5)16-20-35/h15-28,33-34H,7-14,29-30H2,1-6H3/b25-23+,26-24+. The molecule has 3 rings (SSSR count). The summed E-state index contributed by atoms with van der Waals surface area (Å²) < 4.78 is 13.2. The molecular formula is C40H54O2. The molecule has 226 valence electrons. The van der Waals surface area contributed by atoms with E-state index in [0.717, 1.165) is 48.7 Å². The third-order valence-corrected chi connectivity index (χ3v) is 8.24. The quantitative estimate of drug-likeness (QED) is 0.143. The molecule has 0 spiro atoms. The van der Waals surface area contributed by atoms with Crippen LogP contribution in [0.3, 0.4) is 0 Å². The Hall–Kier alpha value is -3.26. The summed E-state index contributed by atoms with van der Waals surface area (Å²) in [6.45, 7) is 14.8. The number of hydrogen-bond acceptors (Lipinski definition) is 2. The lowest BCUT2D eigenvalue weighted by Crippen LogP contribution is -2.13. The average Bonchev–Trinajstić information content (AvgIpc) is 3.01. The Bertz CT molecular complexity index is 1130. The first-order chi connectivity index (χ1) is 20.4. The highest BCUT2D eigenvalue weighted by molar-refractivity contribution is 5.79. The van der Waals surface area contributed by atoms with Gasteiger partial charge in [-0.1, -0.05) is 150 Å². The van der Waals surface area contributed by atoms with Crippen LogP contribution in [0.5, 0.6) is 11.5 Å². The van der Waals surface area contributed by atoms with Crippen LogP contribution in [-0.4, -0.2) is 13.2 Å². The number of hydrogen-bond donors (Lipinski definition) is 0. The minimum absolute atomic E-state index is 0.560. The molecule has 42 heavy (non-hydrogen) atoms. The van der Waals surface area contributed by atoms with Gasteiger partial charge in [0.2, 0.25) is 0 Å². The number of aryl methyl sites for hydroxylation is 2. The van der Waals surface area contributed by atoms with E-state index in [1.807, 2.05) is 0 Å². The van der Waals surface area contributed by atoms with E-state index >= 15 is 0 Å². The topological polar surface area (TPSA) is 18.5 Å². The van der Waals surface area contributed by atoms with Gasteiger partial charge in [0.1, 0.15) is 11.5 Å². The summed E-state index contributed by atoms with van der Waals surface area (Å²) in [5.74, 6) is 2.96. The first kappa shape index (κ1) is 33.2. The molecule has 2 unspecified atom stereocenters. The van der Waals surface area contributed by atoms with Crippen molar-refractivity contribution in [3.63, 3.8) is 0 Å². The molecule has 0 aliphatic carbocycles. The van der Waals surface area contributed by atoms with E-state index in [-0.39, 0.29) is 0 Å².